The van der Waals surface area contributed by atoms with E-state index in [0.717, 1.165) is 22.8 Å². The maximum absolute atomic E-state index is 12.0. The number of anilines is 2. The average molecular weight is 276 g/mol. The number of carbonyl (C=O) groups is 1. The van der Waals surface area contributed by atoms with Crippen LogP contribution >= 0.6 is 11.3 Å². The van der Waals surface area contributed by atoms with Crippen LogP contribution in [0, 0.1) is 13.8 Å². The Balaban J connectivity index is 2.07. The number of nitrogens with zero attached hydrogens (tertiary/aromatic N) is 2. The number of nitrogens with one attached hydrogen (secondary N) is 2. The van der Waals surface area contributed by atoms with Crippen LogP contribution in [0.5, 0.6) is 0 Å². The van der Waals surface area contributed by atoms with Gasteiger partial charge in [0, 0.05) is 11.4 Å². The van der Waals surface area contributed by atoms with E-state index >= 15 is 0 Å². The predicted molar refractivity (Wildman–Crippen MR) is 77.9 cm³/mol. The Labute approximate surface area is 116 Å². The van der Waals surface area contributed by atoms with Crippen LogP contribution in [0.1, 0.15) is 28.0 Å². The maximum Gasteiger partial charge on any atom is 0.276 e. The zero-order valence-electron chi connectivity index (χ0n) is 11.2. The fourth-order valence-electron chi connectivity index (χ4n) is 1.52. The zero-order valence-corrected chi connectivity index (χ0v) is 12.0. The molecule has 6 heteroatoms. The van der Waals surface area contributed by atoms with Crippen LogP contribution in [0.4, 0.5) is 10.8 Å². The van der Waals surface area contributed by atoms with Gasteiger partial charge in [0.05, 0.1) is 17.6 Å². The summed E-state index contributed by atoms with van der Waals surface area (Å²) in [6, 6.07) is 3.53. The van der Waals surface area contributed by atoms with E-state index < -0.39 is 0 Å². The van der Waals surface area contributed by atoms with Crippen molar-refractivity contribution in [3.05, 3.63) is 34.6 Å². The van der Waals surface area contributed by atoms with Crippen LogP contribution in [-0.4, -0.2) is 22.4 Å². The van der Waals surface area contributed by atoms with Crippen molar-refractivity contribution in [2.75, 3.05) is 17.2 Å². The van der Waals surface area contributed by atoms with E-state index in [4.69, 9.17) is 0 Å². The summed E-state index contributed by atoms with van der Waals surface area (Å²) in [5.41, 5.74) is 2.22. The Morgan fingerprint density at radius 2 is 2.16 bits per heavy atom. The van der Waals surface area contributed by atoms with E-state index in [1.807, 2.05) is 26.8 Å². The fraction of sp³-hybridized carbons (Fsp3) is 0.308. The van der Waals surface area contributed by atoms with E-state index in [1.54, 1.807) is 12.3 Å². The second kappa shape index (κ2) is 5.79. The van der Waals surface area contributed by atoms with Gasteiger partial charge in [0.2, 0.25) is 0 Å². The first kappa shape index (κ1) is 13.5. The number of hydrogen-bond acceptors (Lipinski definition) is 5. The second-order valence-corrected chi connectivity index (χ2v) is 5.28. The molecular weight excluding hydrogens is 260 g/mol. The summed E-state index contributed by atoms with van der Waals surface area (Å²) in [6.07, 6.45) is 1.65. The smallest absolute Gasteiger partial charge is 0.276 e. The van der Waals surface area contributed by atoms with Gasteiger partial charge in [-0.15, -0.1) is 11.3 Å². The van der Waals surface area contributed by atoms with E-state index in [2.05, 4.69) is 20.6 Å². The topological polar surface area (TPSA) is 66.9 Å². The summed E-state index contributed by atoms with van der Waals surface area (Å²) in [5, 5.41) is 6.50. The highest BCUT2D eigenvalue weighted by molar-refractivity contribution is 7.15. The summed E-state index contributed by atoms with van der Waals surface area (Å²) < 4.78 is 0. The molecule has 5 nitrogen and oxygen atoms in total. The SMILES string of the molecule is CCNc1ccc(C(=O)Nc2nc(C)c(C)s2)nc1. The minimum Gasteiger partial charge on any atom is -0.384 e. The molecular formula is C13H16N4OS. The highest BCUT2D eigenvalue weighted by atomic mass is 32.1. The minimum absolute atomic E-state index is 0.239. The van der Waals surface area contributed by atoms with Crippen molar-refractivity contribution in [1.82, 2.24) is 9.97 Å². The molecule has 0 fully saturated rings. The molecule has 0 saturated carbocycles. The van der Waals surface area contributed by atoms with Crippen LogP contribution in [0.25, 0.3) is 0 Å². The Bertz CT molecular complexity index is 557. The van der Waals surface area contributed by atoms with Gasteiger partial charge in [-0.1, -0.05) is 0 Å². The van der Waals surface area contributed by atoms with Crippen molar-refractivity contribution in [2.45, 2.75) is 20.8 Å². The van der Waals surface area contributed by atoms with Gasteiger partial charge in [0.25, 0.3) is 5.91 Å². The van der Waals surface area contributed by atoms with E-state index in [0.29, 0.717) is 10.8 Å². The molecule has 2 N–H and O–H groups in total. The number of hydrogen-bond donors (Lipinski definition) is 2. The molecule has 0 aliphatic rings. The molecule has 2 aromatic heterocycles. The molecule has 100 valence electrons. The molecule has 0 radical (unpaired) electrons. The Morgan fingerprint density at radius 3 is 2.68 bits per heavy atom. The lowest BCUT2D eigenvalue weighted by Crippen LogP contribution is -2.13. The Hall–Kier alpha value is -1.95. The number of pyridine rings is 1. The largest absolute Gasteiger partial charge is 0.384 e. The van der Waals surface area contributed by atoms with Crippen molar-refractivity contribution >= 4 is 28.1 Å². The first-order valence-corrected chi connectivity index (χ1v) is 6.87. The molecule has 2 heterocycles. The molecule has 19 heavy (non-hydrogen) atoms. The van der Waals surface area contributed by atoms with Gasteiger partial charge in [0.15, 0.2) is 5.13 Å². The van der Waals surface area contributed by atoms with Crippen LogP contribution in [0.15, 0.2) is 18.3 Å². The van der Waals surface area contributed by atoms with Gasteiger partial charge in [-0.3, -0.25) is 10.1 Å². The molecule has 2 aromatic rings. The van der Waals surface area contributed by atoms with Gasteiger partial charge in [-0.25, -0.2) is 9.97 Å². The first-order chi connectivity index (χ1) is 9.10. The molecule has 0 spiro atoms. The standard InChI is InChI=1S/C13H16N4OS/c1-4-14-10-5-6-11(15-7-10)12(18)17-13-16-8(2)9(3)19-13/h5-7,14H,4H2,1-3H3,(H,16,17,18). The summed E-state index contributed by atoms with van der Waals surface area (Å²) in [6.45, 7) is 6.73. The van der Waals surface area contributed by atoms with Crippen LogP contribution < -0.4 is 10.6 Å². The van der Waals surface area contributed by atoms with Gasteiger partial charge in [-0.2, -0.15) is 0 Å². The van der Waals surface area contributed by atoms with Crippen LogP contribution in [0.3, 0.4) is 0 Å². The molecule has 0 bridgehead atoms. The number of aromatic nitrogens is 2. The highest BCUT2D eigenvalue weighted by Crippen LogP contribution is 2.21. The number of aryl methyl sites for hydroxylation is 2. The van der Waals surface area contributed by atoms with Crippen molar-refractivity contribution in [3.8, 4) is 0 Å². The van der Waals surface area contributed by atoms with E-state index in [9.17, 15) is 4.79 Å². The number of carbonyl (C=O) groups excluding carboxylic acids is 1. The zero-order chi connectivity index (χ0) is 13.8. The number of amides is 1. The van der Waals surface area contributed by atoms with Crippen LogP contribution in [0.2, 0.25) is 0 Å². The molecule has 0 saturated heterocycles. The second-order valence-electron chi connectivity index (χ2n) is 4.08. The van der Waals surface area contributed by atoms with E-state index in [1.165, 1.54) is 11.3 Å². The third-order valence-corrected chi connectivity index (χ3v) is 3.61. The summed E-state index contributed by atoms with van der Waals surface area (Å²) in [5.74, 6) is -0.239. The molecule has 0 atom stereocenters. The lowest BCUT2D eigenvalue weighted by Gasteiger charge is -2.04. The van der Waals surface area contributed by atoms with Gasteiger partial charge in [-0.05, 0) is 32.9 Å². The summed E-state index contributed by atoms with van der Waals surface area (Å²) >= 11 is 1.47. The lowest BCUT2D eigenvalue weighted by atomic mass is 10.3. The van der Waals surface area contributed by atoms with Crippen molar-refractivity contribution in [2.24, 2.45) is 0 Å². The van der Waals surface area contributed by atoms with Crippen molar-refractivity contribution < 1.29 is 4.79 Å². The summed E-state index contributed by atoms with van der Waals surface area (Å²) in [7, 11) is 0. The Kier molecular flexibility index (Phi) is 4.11. The monoisotopic (exact) mass is 276 g/mol. The fourth-order valence-corrected chi connectivity index (χ4v) is 2.33. The lowest BCUT2D eigenvalue weighted by molar-refractivity contribution is 0.102. The molecule has 2 rings (SSSR count). The Morgan fingerprint density at radius 1 is 1.37 bits per heavy atom. The minimum atomic E-state index is -0.239. The van der Waals surface area contributed by atoms with Gasteiger partial charge in [0.1, 0.15) is 5.69 Å². The van der Waals surface area contributed by atoms with Crippen molar-refractivity contribution in [3.63, 3.8) is 0 Å². The molecule has 0 aromatic carbocycles. The molecule has 1 amide bonds. The van der Waals surface area contributed by atoms with E-state index in [-0.39, 0.29) is 5.91 Å². The van der Waals surface area contributed by atoms with Gasteiger partial charge < -0.3 is 5.32 Å². The predicted octanol–water partition coefficient (Wildman–Crippen LogP) is 2.84. The molecule has 0 aliphatic carbocycles. The quantitative estimate of drug-likeness (QED) is 0.901. The molecule has 0 aliphatic heterocycles. The normalized spacial score (nSPS) is 10.3. The third-order valence-electron chi connectivity index (χ3n) is 2.63. The first-order valence-electron chi connectivity index (χ1n) is 6.05. The maximum atomic E-state index is 12.0. The summed E-state index contributed by atoms with van der Waals surface area (Å²) in [4.78, 5) is 21.5. The number of thiazole rings is 1. The van der Waals surface area contributed by atoms with Crippen molar-refractivity contribution in [1.29, 1.82) is 0 Å². The average Bonchev–Trinajstić information content (AvgIpc) is 2.69. The van der Waals surface area contributed by atoms with Gasteiger partial charge >= 0.3 is 0 Å². The van der Waals surface area contributed by atoms with Crippen LogP contribution in [-0.2, 0) is 0 Å². The number of rotatable bonds is 4. The highest BCUT2D eigenvalue weighted by Gasteiger charge is 2.11. The third kappa shape index (κ3) is 3.29. The molecule has 0 unspecified atom stereocenters.